The monoisotopic (exact) mass is 362 g/mol. The predicted octanol–water partition coefficient (Wildman–Crippen LogP) is 4.31. The molecule has 0 fully saturated rings. The van der Waals surface area contributed by atoms with Gasteiger partial charge in [0.05, 0.1) is 16.4 Å². The summed E-state index contributed by atoms with van der Waals surface area (Å²) in [6.07, 6.45) is 1.49. The first-order valence-electron chi connectivity index (χ1n) is 7.86. The molecule has 0 aliphatic heterocycles. The number of hydrazone groups is 1. The number of phenols is 1. The van der Waals surface area contributed by atoms with Crippen molar-refractivity contribution in [2.24, 2.45) is 5.10 Å². The van der Waals surface area contributed by atoms with Crippen LogP contribution in [-0.2, 0) is 0 Å². The van der Waals surface area contributed by atoms with Crippen molar-refractivity contribution < 1.29 is 9.90 Å². The number of hydrogen-bond donors (Lipinski definition) is 3. The van der Waals surface area contributed by atoms with E-state index >= 15 is 0 Å². The Morgan fingerprint density at radius 2 is 1.88 bits per heavy atom. The minimum absolute atomic E-state index is 0.177. The van der Waals surface area contributed by atoms with E-state index in [1.165, 1.54) is 17.6 Å². The van der Waals surface area contributed by atoms with Crippen molar-refractivity contribution in [1.82, 2.24) is 10.4 Å². The second-order valence-electron chi connectivity index (χ2n) is 5.57. The summed E-state index contributed by atoms with van der Waals surface area (Å²) in [5.41, 5.74) is 4.03. The Hall–Kier alpha value is -3.45. The SMILES string of the molecule is O=C(N/N=C/c1ccc(O)cc1)Nc1nc2c(ccc3ccccc32)s1. The number of anilines is 1. The van der Waals surface area contributed by atoms with Gasteiger partial charge in [0, 0.05) is 5.39 Å². The Balaban J connectivity index is 1.47. The number of fused-ring (bicyclic) bond motifs is 3. The highest BCUT2D eigenvalue weighted by Gasteiger charge is 2.09. The lowest BCUT2D eigenvalue weighted by Gasteiger charge is -1.99. The van der Waals surface area contributed by atoms with E-state index in [1.807, 2.05) is 36.4 Å². The normalized spacial score (nSPS) is 11.2. The van der Waals surface area contributed by atoms with Crippen molar-refractivity contribution in [2.75, 3.05) is 5.32 Å². The van der Waals surface area contributed by atoms with Crippen molar-refractivity contribution in [3.8, 4) is 5.75 Å². The van der Waals surface area contributed by atoms with Gasteiger partial charge in [0.2, 0.25) is 0 Å². The Bertz CT molecular complexity index is 1120. The number of aromatic nitrogens is 1. The number of nitrogens with zero attached hydrogens (tertiary/aromatic N) is 2. The second-order valence-corrected chi connectivity index (χ2v) is 6.60. The molecular formula is C19H14N4O2S. The highest BCUT2D eigenvalue weighted by Crippen LogP contribution is 2.31. The molecule has 4 rings (SSSR count). The van der Waals surface area contributed by atoms with E-state index in [-0.39, 0.29) is 5.75 Å². The third-order valence-electron chi connectivity index (χ3n) is 3.78. The number of aromatic hydroxyl groups is 1. The molecule has 0 spiro atoms. The Morgan fingerprint density at radius 1 is 1.08 bits per heavy atom. The van der Waals surface area contributed by atoms with Gasteiger partial charge in [0.15, 0.2) is 5.13 Å². The van der Waals surface area contributed by atoms with Crippen LogP contribution in [0.5, 0.6) is 5.75 Å². The van der Waals surface area contributed by atoms with Crippen LogP contribution < -0.4 is 10.7 Å². The molecule has 3 aromatic carbocycles. The molecule has 0 aliphatic carbocycles. The number of benzene rings is 3. The van der Waals surface area contributed by atoms with Gasteiger partial charge in [-0.1, -0.05) is 41.7 Å². The van der Waals surface area contributed by atoms with Crippen LogP contribution in [-0.4, -0.2) is 22.3 Å². The van der Waals surface area contributed by atoms with Crippen LogP contribution >= 0.6 is 11.3 Å². The Labute approximate surface area is 152 Å². The predicted molar refractivity (Wildman–Crippen MR) is 105 cm³/mol. The molecule has 128 valence electrons. The van der Waals surface area contributed by atoms with E-state index in [2.05, 4.69) is 20.8 Å². The number of nitrogens with one attached hydrogen (secondary N) is 2. The van der Waals surface area contributed by atoms with E-state index in [4.69, 9.17) is 0 Å². The molecule has 26 heavy (non-hydrogen) atoms. The molecule has 0 unspecified atom stereocenters. The molecule has 1 aromatic heterocycles. The maximum absolute atomic E-state index is 12.0. The largest absolute Gasteiger partial charge is 0.508 e. The molecule has 6 nitrogen and oxygen atoms in total. The number of thiazole rings is 1. The lowest BCUT2D eigenvalue weighted by molar-refractivity contribution is 0.252. The van der Waals surface area contributed by atoms with Crippen LogP contribution in [0.15, 0.2) is 65.8 Å². The highest BCUT2D eigenvalue weighted by molar-refractivity contribution is 7.22. The molecule has 2 amide bonds. The zero-order valence-electron chi connectivity index (χ0n) is 13.5. The van der Waals surface area contributed by atoms with Gasteiger partial charge in [0.25, 0.3) is 0 Å². The highest BCUT2D eigenvalue weighted by atomic mass is 32.1. The lowest BCUT2D eigenvalue weighted by Crippen LogP contribution is -2.24. The van der Waals surface area contributed by atoms with Gasteiger partial charge >= 0.3 is 6.03 Å². The number of amides is 2. The van der Waals surface area contributed by atoms with E-state index in [9.17, 15) is 9.90 Å². The lowest BCUT2D eigenvalue weighted by atomic mass is 10.1. The maximum atomic E-state index is 12.0. The fourth-order valence-electron chi connectivity index (χ4n) is 2.57. The first-order valence-corrected chi connectivity index (χ1v) is 8.68. The molecule has 0 aliphatic rings. The third kappa shape index (κ3) is 3.33. The molecule has 4 aromatic rings. The van der Waals surface area contributed by atoms with Gasteiger partial charge in [-0.25, -0.2) is 15.2 Å². The minimum atomic E-state index is -0.469. The van der Waals surface area contributed by atoms with Crippen LogP contribution in [0.1, 0.15) is 5.56 Å². The van der Waals surface area contributed by atoms with Crippen molar-refractivity contribution in [3.63, 3.8) is 0 Å². The minimum Gasteiger partial charge on any atom is -0.508 e. The van der Waals surface area contributed by atoms with Crippen LogP contribution in [0.3, 0.4) is 0 Å². The quantitative estimate of drug-likeness (QED) is 0.375. The second kappa shape index (κ2) is 6.81. The van der Waals surface area contributed by atoms with E-state index < -0.39 is 6.03 Å². The average Bonchev–Trinajstić information content (AvgIpc) is 3.06. The van der Waals surface area contributed by atoms with Gasteiger partial charge in [-0.2, -0.15) is 5.10 Å². The summed E-state index contributed by atoms with van der Waals surface area (Å²) in [6, 6.07) is 18.1. The van der Waals surface area contributed by atoms with Gasteiger partial charge in [0.1, 0.15) is 5.75 Å². The molecular weight excluding hydrogens is 348 g/mol. The van der Waals surface area contributed by atoms with Crippen molar-refractivity contribution in [2.45, 2.75) is 0 Å². The number of rotatable bonds is 3. The summed E-state index contributed by atoms with van der Waals surface area (Å²) in [6.45, 7) is 0. The first-order chi connectivity index (χ1) is 12.7. The molecule has 1 heterocycles. The number of carbonyl (C=O) groups excluding carboxylic acids is 1. The van der Waals surface area contributed by atoms with E-state index in [1.54, 1.807) is 24.3 Å². The van der Waals surface area contributed by atoms with Crippen LogP contribution in [0.2, 0.25) is 0 Å². The van der Waals surface area contributed by atoms with Crippen molar-refractivity contribution >= 4 is 49.7 Å². The number of hydrogen-bond acceptors (Lipinski definition) is 5. The van der Waals surface area contributed by atoms with Gasteiger partial charge in [-0.05, 0) is 41.3 Å². The fourth-order valence-corrected chi connectivity index (χ4v) is 3.44. The third-order valence-corrected chi connectivity index (χ3v) is 4.71. The van der Waals surface area contributed by atoms with E-state index in [0.29, 0.717) is 5.13 Å². The maximum Gasteiger partial charge on any atom is 0.341 e. The zero-order chi connectivity index (χ0) is 17.9. The summed E-state index contributed by atoms with van der Waals surface area (Å²) in [7, 11) is 0. The van der Waals surface area contributed by atoms with E-state index in [0.717, 1.165) is 26.6 Å². The van der Waals surface area contributed by atoms with Crippen LogP contribution in [0.4, 0.5) is 9.93 Å². The standard InChI is InChI=1S/C19H14N4O2S/c24-14-8-5-12(6-9-14)11-20-23-18(25)22-19-21-17-15-4-2-1-3-13(15)7-10-16(17)26-19/h1-11,24H,(H2,21,22,23,25)/b20-11+. The Morgan fingerprint density at radius 3 is 2.73 bits per heavy atom. The van der Waals surface area contributed by atoms with Gasteiger partial charge in [-0.3, -0.25) is 5.32 Å². The summed E-state index contributed by atoms with van der Waals surface area (Å²) in [5, 5.41) is 18.5. The molecule has 0 saturated carbocycles. The molecule has 0 bridgehead atoms. The zero-order valence-corrected chi connectivity index (χ0v) is 14.3. The van der Waals surface area contributed by atoms with Crippen LogP contribution in [0, 0.1) is 0 Å². The summed E-state index contributed by atoms with van der Waals surface area (Å²) in [4.78, 5) is 16.5. The first kappa shape index (κ1) is 16.0. The topological polar surface area (TPSA) is 86.6 Å². The van der Waals surface area contributed by atoms with Crippen molar-refractivity contribution in [3.05, 3.63) is 66.2 Å². The average molecular weight is 362 g/mol. The number of urea groups is 1. The number of carbonyl (C=O) groups is 1. The van der Waals surface area contributed by atoms with Crippen LogP contribution in [0.25, 0.3) is 21.0 Å². The summed E-state index contributed by atoms with van der Waals surface area (Å²) in [5.74, 6) is 0.177. The molecule has 3 N–H and O–H groups in total. The summed E-state index contributed by atoms with van der Waals surface area (Å²) >= 11 is 1.41. The molecule has 0 saturated heterocycles. The van der Waals surface area contributed by atoms with Gasteiger partial charge in [-0.15, -0.1) is 0 Å². The summed E-state index contributed by atoms with van der Waals surface area (Å²) < 4.78 is 1.01. The molecule has 0 atom stereocenters. The molecule has 0 radical (unpaired) electrons. The Kier molecular flexibility index (Phi) is 4.20. The van der Waals surface area contributed by atoms with Crippen molar-refractivity contribution in [1.29, 1.82) is 0 Å². The fraction of sp³-hybridized carbons (Fsp3) is 0. The van der Waals surface area contributed by atoms with Gasteiger partial charge < -0.3 is 5.11 Å². The number of phenolic OH excluding ortho intramolecular Hbond substituents is 1. The smallest absolute Gasteiger partial charge is 0.341 e. The molecule has 7 heteroatoms.